The Morgan fingerprint density at radius 2 is 0.921 bits per heavy atom. The summed E-state index contributed by atoms with van der Waals surface area (Å²) in [5, 5.41) is 8.92. The highest BCUT2D eigenvalue weighted by molar-refractivity contribution is 7.47. The molecular weight excluding hydrogens is 814 g/mol. The van der Waals surface area contributed by atoms with Crippen molar-refractivity contribution in [2.75, 3.05) is 26.4 Å². The Morgan fingerprint density at radius 1 is 0.524 bits per heavy atom. The standard InChI is InChI=1S/C52H88NO9P/c1-3-5-7-9-11-13-15-17-19-21-23-25-26-28-30-32-34-36-38-40-42-44-51(54)62-49(47-60-63(57,58)61-48-50(53)52(55)56)46-59-45-43-41-39-37-35-33-31-29-27-24-22-20-18-16-14-12-10-8-6-4-2/h5,7,11-14,17-20,23-25,27-28,30,49-50H,3-4,6,8-10,15-16,21-22,26,29,31-48,53H2,1-2H3,(H,55,56)(H,57,58)/b7-5-,13-11-,14-12-,19-17-,20-18-,25-23-,27-24-,30-28-. The maximum absolute atomic E-state index is 12.7. The lowest BCUT2D eigenvalue weighted by molar-refractivity contribution is -0.154. The molecule has 0 spiro atoms. The van der Waals surface area contributed by atoms with E-state index < -0.39 is 45.1 Å². The molecule has 0 saturated heterocycles. The molecule has 3 unspecified atom stereocenters. The van der Waals surface area contributed by atoms with Crippen LogP contribution in [0, 0.1) is 0 Å². The van der Waals surface area contributed by atoms with Crippen LogP contribution < -0.4 is 5.73 Å². The Bertz CT molecular complexity index is 1370. The van der Waals surface area contributed by atoms with Crippen molar-refractivity contribution >= 4 is 19.8 Å². The summed E-state index contributed by atoms with van der Waals surface area (Å²) in [6.07, 6.45) is 61.7. The van der Waals surface area contributed by atoms with Crippen molar-refractivity contribution in [3.05, 3.63) is 97.2 Å². The van der Waals surface area contributed by atoms with Gasteiger partial charge in [0, 0.05) is 13.0 Å². The second-order valence-corrected chi connectivity index (χ2v) is 17.3. The second-order valence-electron chi connectivity index (χ2n) is 15.9. The normalized spacial score (nSPS) is 14.6. The molecule has 0 aromatic rings. The molecule has 0 saturated carbocycles. The van der Waals surface area contributed by atoms with Crippen molar-refractivity contribution in [1.82, 2.24) is 0 Å². The smallest absolute Gasteiger partial charge is 0.472 e. The molecule has 4 N–H and O–H groups in total. The predicted molar refractivity (Wildman–Crippen MR) is 263 cm³/mol. The lowest BCUT2D eigenvalue weighted by Crippen LogP contribution is -2.34. The first-order valence-corrected chi connectivity index (χ1v) is 25.8. The number of esters is 1. The van der Waals surface area contributed by atoms with E-state index in [0.717, 1.165) is 103 Å². The largest absolute Gasteiger partial charge is 0.480 e. The van der Waals surface area contributed by atoms with Crippen molar-refractivity contribution in [2.24, 2.45) is 5.73 Å². The third kappa shape index (κ3) is 46.7. The molecule has 0 aliphatic heterocycles. The van der Waals surface area contributed by atoms with E-state index in [1.54, 1.807) is 0 Å². The third-order valence-electron chi connectivity index (χ3n) is 9.85. The van der Waals surface area contributed by atoms with Crippen LogP contribution in [0.3, 0.4) is 0 Å². The van der Waals surface area contributed by atoms with E-state index in [-0.39, 0.29) is 13.0 Å². The van der Waals surface area contributed by atoms with Gasteiger partial charge in [-0.1, -0.05) is 175 Å². The van der Waals surface area contributed by atoms with Gasteiger partial charge in [0.1, 0.15) is 12.1 Å². The highest BCUT2D eigenvalue weighted by Crippen LogP contribution is 2.43. The summed E-state index contributed by atoms with van der Waals surface area (Å²) in [7, 11) is -4.64. The van der Waals surface area contributed by atoms with Crippen molar-refractivity contribution in [1.29, 1.82) is 0 Å². The van der Waals surface area contributed by atoms with Gasteiger partial charge in [0.15, 0.2) is 0 Å². The van der Waals surface area contributed by atoms with Crippen LogP contribution >= 0.6 is 7.82 Å². The molecule has 0 radical (unpaired) electrons. The zero-order valence-corrected chi connectivity index (χ0v) is 40.3. The molecule has 0 aliphatic rings. The molecule has 0 heterocycles. The Morgan fingerprint density at radius 3 is 1.38 bits per heavy atom. The van der Waals surface area contributed by atoms with Crippen LogP contribution in [0.1, 0.15) is 181 Å². The summed E-state index contributed by atoms with van der Waals surface area (Å²) in [5.41, 5.74) is 5.37. The van der Waals surface area contributed by atoms with Gasteiger partial charge in [-0.25, -0.2) is 4.57 Å². The molecular formula is C52H88NO9P. The minimum Gasteiger partial charge on any atom is -0.480 e. The molecule has 11 heteroatoms. The van der Waals surface area contributed by atoms with E-state index in [4.69, 9.17) is 29.4 Å². The fraction of sp³-hybridized carbons (Fsp3) is 0.654. The van der Waals surface area contributed by atoms with Crippen molar-refractivity contribution in [3.8, 4) is 0 Å². The number of hydrogen-bond acceptors (Lipinski definition) is 8. The van der Waals surface area contributed by atoms with Crippen LogP contribution in [0.5, 0.6) is 0 Å². The van der Waals surface area contributed by atoms with E-state index in [1.165, 1.54) is 51.4 Å². The number of rotatable bonds is 45. The zero-order valence-electron chi connectivity index (χ0n) is 39.4. The molecule has 0 bridgehead atoms. The zero-order chi connectivity index (χ0) is 46.2. The highest BCUT2D eigenvalue weighted by atomic mass is 31.2. The Kier molecular flexibility index (Phi) is 44.6. The van der Waals surface area contributed by atoms with Crippen molar-refractivity contribution < 1.29 is 42.7 Å². The number of carbonyl (C=O) groups excluding carboxylic acids is 1. The minimum atomic E-state index is -4.64. The Balaban J connectivity index is 4.27. The molecule has 0 amide bonds. The number of phosphoric acid groups is 1. The van der Waals surface area contributed by atoms with Gasteiger partial charge in [-0.2, -0.15) is 0 Å². The summed E-state index contributed by atoms with van der Waals surface area (Å²) in [5.74, 6) is -1.81. The number of allylic oxidation sites excluding steroid dienone is 16. The van der Waals surface area contributed by atoms with Crippen LogP contribution in [0.2, 0.25) is 0 Å². The average molecular weight is 902 g/mol. The fourth-order valence-electron chi connectivity index (χ4n) is 6.11. The third-order valence-corrected chi connectivity index (χ3v) is 10.8. The SMILES string of the molecule is CC/C=C\C/C=C\C/C=C\C/C=C\C/C=C\CCCCCCCC(=O)OC(COCCCCCCCCC/C=C\C/C=C\C/C=C\CCCCC)COP(=O)(O)OCC(N)C(=O)O. The van der Waals surface area contributed by atoms with Crippen LogP contribution in [0.25, 0.3) is 0 Å². The van der Waals surface area contributed by atoms with Crippen molar-refractivity contribution in [3.63, 3.8) is 0 Å². The van der Waals surface area contributed by atoms with Gasteiger partial charge in [0.25, 0.3) is 0 Å². The number of hydrogen-bond donors (Lipinski definition) is 3. The molecule has 360 valence electrons. The highest BCUT2D eigenvalue weighted by Gasteiger charge is 2.27. The Labute approximate surface area is 383 Å². The number of unbranched alkanes of at least 4 members (excludes halogenated alkanes) is 15. The summed E-state index contributed by atoms with van der Waals surface area (Å²) in [6.45, 7) is 3.68. The van der Waals surface area contributed by atoms with Gasteiger partial charge in [0.2, 0.25) is 0 Å². The van der Waals surface area contributed by atoms with Gasteiger partial charge in [-0.05, 0) is 96.3 Å². The summed E-state index contributed by atoms with van der Waals surface area (Å²) in [6, 6.07) is -1.48. The monoisotopic (exact) mass is 902 g/mol. The fourth-order valence-corrected chi connectivity index (χ4v) is 6.88. The first-order valence-electron chi connectivity index (χ1n) is 24.3. The van der Waals surface area contributed by atoms with E-state index >= 15 is 0 Å². The molecule has 0 aromatic carbocycles. The number of carbonyl (C=O) groups is 2. The molecule has 10 nitrogen and oxygen atoms in total. The number of carboxylic acids is 1. The molecule has 3 atom stereocenters. The van der Waals surface area contributed by atoms with Crippen molar-refractivity contribution in [2.45, 2.75) is 193 Å². The van der Waals surface area contributed by atoms with Crippen LogP contribution in [0.15, 0.2) is 97.2 Å². The average Bonchev–Trinajstić information content (AvgIpc) is 3.26. The lowest BCUT2D eigenvalue weighted by atomic mass is 10.1. The van der Waals surface area contributed by atoms with Gasteiger partial charge < -0.3 is 25.2 Å². The number of aliphatic carboxylic acids is 1. The summed E-state index contributed by atoms with van der Waals surface area (Å²) < 4.78 is 33.4. The van der Waals surface area contributed by atoms with Gasteiger partial charge in [0.05, 0.1) is 19.8 Å². The van der Waals surface area contributed by atoms with E-state index in [9.17, 15) is 19.0 Å². The number of phosphoric ester groups is 1. The molecule has 0 aromatic heterocycles. The van der Waals surface area contributed by atoms with Gasteiger partial charge in [-0.15, -0.1) is 0 Å². The number of nitrogens with two attached hydrogens (primary N) is 1. The van der Waals surface area contributed by atoms with E-state index in [1.807, 2.05) is 0 Å². The first kappa shape index (κ1) is 59.9. The van der Waals surface area contributed by atoms with Crippen LogP contribution in [-0.4, -0.2) is 60.5 Å². The van der Waals surface area contributed by atoms with E-state index in [0.29, 0.717) is 13.0 Å². The Hall–Kier alpha value is -3.11. The molecule has 0 fully saturated rings. The first-order chi connectivity index (χ1) is 30.7. The molecule has 0 rings (SSSR count). The maximum atomic E-state index is 12.7. The second kappa shape index (κ2) is 46.9. The molecule has 0 aliphatic carbocycles. The maximum Gasteiger partial charge on any atom is 0.472 e. The quantitative estimate of drug-likeness (QED) is 0.0233. The lowest BCUT2D eigenvalue weighted by Gasteiger charge is -2.20. The summed E-state index contributed by atoms with van der Waals surface area (Å²) in [4.78, 5) is 33.7. The molecule has 63 heavy (non-hydrogen) atoms. The number of ether oxygens (including phenoxy) is 2. The topological polar surface area (TPSA) is 155 Å². The van der Waals surface area contributed by atoms with Gasteiger partial charge in [-0.3, -0.25) is 18.6 Å². The summed E-state index contributed by atoms with van der Waals surface area (Å²) >= 11 is 0. The minimum absolute atomic E-state index is 0.00430. The van der Waals surface area contributed by atoms with E-state index in [2.05, 4.69) is 111 Å². The van der Waals surface area contributed by atoms with Crippen LogP contribution in [0.4, 0.5) is 0 Å². The number of carboxylic acid groups (broad SMARTS) is 1. The van der Waals surface area contributed by atoms with Gasteiger partial charge >= 0.3 is 19.8 Å². The van der Waals surface area contributed by atoms with Crippen LogP contribution in [-0.2, 0) is 32.7 Å². The predicted octanol–water partition coefficient (Wildman–Crippen LogP) is 14.1.